The second-order valence-corrected chi connectivity index (χ2v) is 6.27. The summed E-state index contributed by atoms with van der Waals surface area (Å²) in [6, 6.07) is 13.4. The minimum Gasteiger partial charge on any atom is -0.497 e. The molecule has 0 aromatic heterocycles. The second-order valence-electron chi connectivity index (χ2n) is 6.27. The predicted octanol–water partition coefficient (Wildman–Crippen LogP) is 2.73. The molecule has 0 bridgehead atoms. The van der Waals surface area contributed by atoms with Crippen molar-refractivity contribution in [1.29, 1.82) is 0 Å². The van der Waals surface area contributed by atoms with Crippen LogP contribution in [-0.2, 0) is 4.79 Å². The molecule has 2 heterocycles. The Balaban J connectivity index is 1.61. The Morgan fingerprint density at radius 2 is 1.88 bits per heavy atom. The van der Waals surface area contributed by atoms with Gasteiger partial charge in [-0.25, -0.2) is 0 Å². The van der Waals surface area contributed by atoms with Gasteiger partial charge in [-0.1, -0.05) is 6.07 Å². The minimum absolute atomic E-state index is 0.103. The molecule has 0 aliphatic carbocycles. The Kier molecular flexibility index (Phi) is 3.87. The summed E-state index contributed by atoms with van der Waals surface area (Å²) in [6.45, 7) is 1.33. The Bertz CT molecular complexity index is 789. The van der Waals surface area contributed by atoms with Gasteiger partial charge in [-0.15, -0.1) is 0 Å². The van der Waals surface area contributed by atoms with Crippen molar-refractivity contribution in [2.24, 2.45) is 5.92 Å². The van der Waals surface area contributed by atoms with E-state index in [1.165, 1.54) is 0 Å². The number of methoxy groups -OCH3 is 1. The lowest BCUT2D eigenvalue weighted by Crippen LogP contribution is -2.23. The topological polar surface area (TPSA) is 68.2 Å². The maximum atomic E-state index is 11.8. The highest BCUT2D eigenvalue weighted by Gasteiger charge is 2.39. The molecule has 130 valence electrons. The summed E-state index contributed by atoms with van der Waals surface area (Å²) in [5.74, 6) is 0.825. The van der Waals surface area contributed by atoms with Crippen LogP contribution in [-0.4, -0.2) is 38.1 Å². The molecule has 1 fully saturated rings. The number of carbonyl (C=O) groups is 1. The first kappa shape index (κ1) is 15.6. The maximum absolute atomic E-state index is 11.8. The minimum atomic E-state index is -0.779. The van der Waals surface area contributed by atoms with Crippen molar-refractivity contribution in [1.82, 2.24) is 0 Å². The van der Waals surface area contributed by atoms with Crippen LogP contribution in [0.1, 0.15) is 11.5 Å². The van der Waals surface area contributed by atoms with E-state index in [0.29, 0.717) is 24.6 Å². The van der Waals surface area contributed by atoms with E-state index in [9.17, 15) is 9.90 Å². The van der Waals surface area contributed by atoms with Crippen LogP contribution in [0.15, 0.2) is 42.5 Å². The van der Waals surface area contributed by atoms with Crippen LogP contribution in [0.4, 0.5) is 5.69 Å². The molecule has 2 aliphatic rings. The van der Waals surface area contributed by atoms with Crippen LogP contribution in [0.25, 0.3) is 0 Å². The van der Waals surface area contributed by atoms with Crippen molar-refractivity contribution in [3.63, 3.8) is 0 Å². The van der Waals surface area contributed by atoms with Crippen LogP contribution in [0.5, 0.6) is 17.2 Å². The number of anilines is 1. The molecule has 2 unspecified atom stereocenters. The molecule has 25 heavy (non-hydrogen) atoms. The van der Waals surface area contributed by atoms with Gasteiger partial charge in [-0.05, 0) is 42.0 Å². The summed E-state index contributed by atoms with van der Waals surface area (Å²) < 4.78 is 16.0. The lowest BCUT2D eigenvalue weighted by Gasteiger charge is -2.19. The summed E-state index contributed by atoms with van der Waals surface area (Å²) in [7, 11) is 1.63. The molecule has 6 heteroatoms. The monoisotopic (exact) mass is 341 g/mol. The summed E-state index contributed by atoms with van der Waals surface area (Å²) >= 11 is 0. The van der Waals surface area contributed by atoms with Gasteiger partial charge in [0.15, 0.2) is 11.5 Å². The fourth-order valence-electron chi connectivity index (χ4n) is 3.54. The molecule has 2 aromatic rings. The number of ether oxygens (including phenoxy) is 3. The molecule has 0 saturated carbocycles. The predicted molar refractivity (Wildman–Crippen MR) is 91.6 cm³/mol. The fraction of sp³-hybridized carbons (Fsp3) is 0.316. The van der Waals surface area contributed by atoms with Gasteiger partial charge in [0.05, 0.1) is 13.0 Å². The molecule has 0 radical (unpaired) electrons. The van der Waals surface area contributed by atoms with E-state index in [1.54, 1.807) is 7.11 Å². The molecular formula is C19H19NO5. The Labute approximate surface area is 145 Å². The highest BCUT2D eigenvalue weighted by Crippen LogP contribution is 2.40. The van der Waals surface area contributed by atoms with E-state index in [4.69, 9.17) is 14.2 Å². The molecule has 2 atom stereocenters. The number of carboxylic acids is 1. The van der Waals surface area contributed by atoms with Crippen molar-refractivity contribution in [2.45, 2.75) is 5.92 Å². The van der Waals surface area contributed by atoms with Crippen LogP contribution >= 0.6 is 0 Å². The van der Waals surface area contributed by atoms with Crippen molar-refractivity contribution in [2.75, 3.05) is 31.9 Å². The number of hydrogen-bond donors (Lipinski definition) is 1. The number of carboxylic acid groups (broad SMARTS) is 1. The lowest BCUT2D eigenvalue weighted by atomic mass is 9.89. The standard InChI is InChI=1S/C19H19NO5/c1-23-14-5-3-13(4-6-14)20-9-15(16(10-20)19(21)22)12-2-7-17-18(8-12)25-11-24-17/h2-8,15-16H,9-11H2,1H3,(H,21,22). The van der Waals surface area contributed by atoms with Crippen LogP contribution < -0.4 is 19.1 Å². The quantitative estimate of drug-likeness (QED) is 0.922. The van der Waals surface area contributed by atoms with Crippen LogP contribution in [0.3, 0.4) is 0 Å². The first-order valence-corrected chi connectivity index (χ1v) is 8.17. The van der Waals surface area contributed by atoms with Crippen LogP contribution in [0, 0.1) is 5.92 Å². The summed E-state index contributed by atoms with van der Waals surface area (Å²) in [4.78, 5) is 13.9. The van der Waals surface area contributed by atoms with E-state index in [-0.39, 0.29) is 12.7 Å². The van der Waals surface area contributed by atoms with Crippen molar-refractivity contribution < 1.29 is 24.1 Å². The number of rotatable bonds is 4. The van der Waals surface area contributed by atoms with Crippen molar-refractivity contribution in [3.8, 4) is 17.2 Å². The van der Waals surface area contributed by atoms with Gasteiger partial charge in [0, 0.05) is 24.7 Å². The highest BCUT2D eigenvalue weighted by atomic mass is 16.7. The first-order valence-electron chi connectivity index (χ1n) is 8.17. The summed E-state index contributed by atoms with van der Waals surface area (Å²) in [5, 5.41) is 9.68. The number of hydrogen-bond acceptors (Lipinski definition) is 5. The van der Waals surface area contributed by atoms with Crippen molar-refractivity contribution >= 4 is 11.7 Å². The van der Waals surface area contributed by atoms with E-state index in [1.807, 2.05) is 42.5 Å². The van der Waals surface area contributed by atoms with Crippen molar-refractivity contribution in [3.05, 3.63) is 48.0 Å². The second kappa shape index (κ2) is 6.20. The van der Waals surface area contributed by atoms with Gasteiger partial charge in [0.1, 0.15) is 5.75 Å². The Morgan fingerprint density at radius 1 is 1.12 bits per heavy atom. The van der Waals surface area contributed by atoms with Gasteiger partial charge < -0.3 is 24.2 Å². The summed E-state index contributed by atoms with van der Waals surface area (Å²) in [6.07, 6.45) is 0. The third-order valence-electron chi connectivity index (χ3n) is 4.90. The third kappa shape index (κ3) is 2.84. The Hall–Kier alpha value is -2.89. The zero-order valence-electron chi connectivity index (χ0n) is 13.8. The highest BCUT2D eigenvalue weighted by molar-refractivity contribution is 5.74. The average molecular weight is 341 g/mol. The van der Waals surface area contributed by atoms with E-state index >= 15 is 0 Å². The van der Waals surface area contributed by atoms with Crippen LogP contribution in [0.2, 0.25) is 0 Å². The van der Waals surface area contributed by atoms with Gasteiger partial charge in [0.2, 0.25) is 6.79 Å². The molecule has 4 rings (SSSR count). The number of benzene rings is 2. The number of nitrogens with zero attached hydrogens (tertiary/aromatic N) is 1. The van der Waals surface area contributed by atoms with Gasteiger partial charge >= 0.3 is 5.97 Å². The molecule has 1 N–H and O–H groups in total. The van der Waals surface area contributed by atoms with E-state index in [0.717, 1.165) is 17.0 Å². The largest absolute Gasteiger partial charge is 0.497 e. The molecular weight excluding hydrogens is 322 g/mol. The molecule has 0 spiro atoms. The summed E-state index contributed by atoms with van der Waals surface area (Å²) in [5.41, 5.74) is 1.96. The molecule has 2 aliphatic heterocycles. The molecule has 2 aromatic carbocycles. The SMILES string of the molecule is COc1ccc(N2CC(C(=O)O)C(c3ccc4c(c3)OCO4)C2)cc1. The smallest absolute Gasteiger partial charge is 0.308 e. The van der Waals surface area contributed by atoms with E-state index < -0.39 is 11.9 Å². The molecule has 0 amide bonds. The zero-order chi connectivity index (χ0) is 17.4. The molecule has 6 nitrogen and oxygen atoms in total. The number of aliphatic carboxylic acids is 1. The maximum Gasteiger partial charge on any atom is 0.308 e. The Morgan fingerprint density at radius 3 is 2.60 bits per heavy atom. The lowest BCUT2D eigenvalue weighted by molar-refractivity contribution is -0.141. The van der Waals surface area contributed by atoms with Gasteiger partial charge in [-0.2, -0.15) is 0 Å². The third-order valence-corrected chi connectivity index (χ3v) is 4.90. The zero-order valence-corrected chi connectivity index (χ0v) is 13.8. The first-order chi connectivity index (χ1) is 12.2. The number of fused-ring (bicyclic) bond motifs is 1. The van der Waals surface area contributed by atoms with Gasteiger partial charge in [-0.3, -0.25) is 4.79 Å². The molecule has 1 saturated heterocycles. The average Bonchev–Trinajstić information content (AvgIpc) is 3.28. The van der Waals surface area contributed by atoms with Gasteiger partial charge in [0.25, 0.3) is 0 Å². The van der Waals surface area contributed by atoms with E-state index in [2.05, 4.69) is 4.90 Å². The normalized spacial score (nSPS) is 21.4. The fourth-order valence-corrected chi connectivity index (χ4v) is 3.54.